The van der Waals surface area contributed by atoms with Gasteiger partial charge >= 0.3 is 0 Å². The number of carbonyl (C=O) groups excluding carboxylic acids is 1. The molecule has 32 heavy (non-hydrogen) atoms. The van der Waals surface area contributed by atoms with Crippen molar-refractivity contribution >= 4 is 27.6 Å². The minimum absolute atomic E-state index is 0.153. The lowest BCUT2D eigenvalue weighted by atomic mass is 9.91. The van der Waals surface area contributed by atoms with Gasteiger partial charge in [0.05, 0.1) is 30.4 Å². The number of fused-ring (bicyclic) bond motifs is 2. The molecule has 1 saturated heterocycles. The highest BCUT2D eigenvalue weighted by molar-refractivity contribution is 6.10. The number of benzene rings is 2. The summed E-state index contributed by atoms with van der Waals surface area (Å²) in [6, 6.07) is 14.3. The largest absolute Gasteiger partial charge is 0.388 e. The molecule has 1 N–H and O–H groups in total. The standard InChI is InChI=1S/C26H30N4O2/c1-18-8-9-21-23(14-18)28(3)19(2)25(21)24(31)16-29-12-10-26(32,11-13-29)17-30-22-7-5-4-6-20(22)15-27-30/h4-9,14-15,32H,10-13,16-17H2,1-3H3. The van der Waals surface area contributed by atoms with E-state index in [1.807, 2.05) is 49.1 Å². The van der Waals surface area contributed by atoms with Gasteiger partial charge in [-0.2, -0.15) is 5.10 Å². The molecule has 0 radical (unpaired) electrons. The lowest BCUT2D eigenvalue weighted by Gasteiger charge is -2.38. The summed E-state index contributed by atoms with van der Waals surface area (Å²) in [6.07, 6.45) is 3.10. The molecule has 0 bridgehead atoms. The minimum atomic E-state index is -0.804. The number of aliphatic hydroxyl groups is 1. The number of likely N-dealkylation sites (tertiary alicyclic amines) is 1. The fourth-order valence-electron chi connectivity index (χ4n) is 5.02. The van der Waals surface area contributed by atoms with Crippen LogP contribution in [0, 0.1) is 13.8 Å². The number of carbonyl (C=O) groups is 1. The van der Waals surface area contributed by atoms with Crippen LogP contribution in [0.1, 0.15) is 34.5 Å². The Kier molecular flexibility index (Phi) is 5.14. The molecule has 2 aromatic carbocycles. The molecule has 0 saturated carbocycles. The van der Waals surface area contributed by atoms with Crippen LogP contribution in [0.25, 0.3) is 21.8 Å². The number of nitrogens with zero attached hydrogens (tertiary/aromatic N) is 4. The lowest BCUT2D eigenvalue weighted by molar-refractivity contribution is -0.0342. The Morgan fingerprint density at radius 1 is 1.09 bits per heavy atom. The number of hydrogen-bond acceptors (Lipinski definition) is 4. The first kappa shape index (κ1) is 20.9. The smallest absolute Gasteiger partial charge is 0.179 e. The van der Waals surface area contributed by atoms with E-state index in [-0.39, 0.29) is 5.78 Å². The number of para-hydroxylation sites is 1. The highest BCUT2D eigenvalue weighted by Crippen LogP contribution is 2.29. The summed E-state index contributed by atoms with van der Waals surface area (Å²) >= 11 is 0. The minimum Gasteiger partial charge on any atom is -0.388 e. The van der Waals surface area contributed by atoms with Gasteiger partial charge in [-0.25, -0.2) is 0 Å². The summed E-state index contributed by atoms with van der Waals surface area (Å²) in [6.45, 7) is 6.35. The lowest BCUT2D eigenvalue weighted by Crippen LogP contribution is -2.48. The molecule has 0 aliphatic carbocycles. The Balaban J connectivity index is 1.28. The molecule has 0 atom stereocenters. The van der Waals surface area contributed by atoms with Gasteiger partial charge in [0.25, 0.3) is 0 Å². The van der Waals surface area contributed by atoms with Gasteiger partial charge in [-0.1, -0.05) is 30.3 Å². The van der Waals surface area contributed by atoms with Crippen LogP contribution in [0.15, 0.2) is 48.7 Å². The molecule has 0 spiro atoms. The molecule has 2 aromatic heterocycles. The van der Waals surface area contributed by atoms with E-state index >= 15 is 0 Å². The van der Waals surface area contributed by atoms with E-state index in [0.717, 1.165) is 33.1 Å². The molecule has 3 heterocycles. The first-order chi connectivity index (χ1) is 15.3. The second kappa shape index (κ2) is 7.87. The van der Waals surface area contributed by atoms with Gasteiger partial charge in [0.15, 0.2) is 5.78 Å². The van der Waals surface area contributed by atoms with Gasteiger partial charge in [-0.15, -0.1) is 0 Å². The predicted octanol–water partition coefficient (Wildman–Crippen LogP) is 3.85. The number of ketones is 1. The summed E-state index contributed by atoms with van der Waals surface area (Å²) in [5, 5.41) is 17.8. The Morgan fingerprint density at radius 2 is 1.84 bits per heavy atom. The first-order valence-corrected chi connectivity index (χ1v) is 11.3. The summed E-state index contributed by atoms with van der Waals surface area (Å²) in [5.41, 5.74) is 4.37. The average molecular weight is 431 g/mol. The second-order valence-electron chi connectivity index (χ2n) is 9.32. The zero-order chi connectivity index (χ0) is 22.5. The predicted molar refractivity (Wildman–Crippen MR) is 127 cm³/mol. The first-order valence-electron chi connectivity index (χ1n) is 11.3. The number of rotatable bonds is 5. The highest BCUT2D eigenvalue weighted by atomic mass is 16.3. The Morgan fingerprint density at radius 3 is 2.62 bits per heavy atom. The van der Waals surface area contributed by atoms with Crippen molar-refractivity contribution in [2.24, 2.45) is 7.05 Å². The zero-order valence-corrected chi connectivity index (χ0v) is 19.0. The van der Waals surface area contributed by atoms with Crippen molar-refractivity contribution in [1.82, 2.24) is 19.2 Å². The fraction of sp³-hybridized carbons (Fsp3) is 0.385. The maximum absolute atomic E-state index is 13.3. The Hall–Kier alpha value is -2.96. The van der Waals surface area contributed by atoms with E-state index in [1.165, 1.54) is 5.56 Å². The van der Waals surface area contributed by atoms with Crippen LogP contribution in [0.5, 0.6) is 0 Å². The van der Waals surface area contributed by atoms with Crippen molar-refractivity contribution in [1.29, 1.82) is 0 Å². The van der Waals surface area contributed by atoms with Crippen molar-refractivity contribution in [2.45, 2.75) is 38.8 Å². The van der Waals surface area contributed by atoms with Crippen LogP contribution in [0.4, 0.5) is 0 Å². The number of aromatic nitrogens is 3. The summed E-state index contributed by atoms with van der Waals surface area (Å²) in [4.78, 5) is 15.4. The van der Waals surface area contributed by atoms with Crippen molar-refractivity contribution in [3.05, 3.63) is 65.5 Å². The molecular weight excluding hydrogens is 400 g/mol. The van der Waals surface area contributed by atoms with Crippen LogP contribution in [-0.2, 0) is 13.6 Å². The number of hydrogen-bond donors (Lipinski definition) is 1. The van der Waals surface area contributed by atoms with Crippen LogP contribution in [-0.4, -0.2) is 55.4 Å². The summed E-state index contributed by atoms with van der Waals surface area (Å²) < 4.78 is 4.01. The third-order valence-corrected chi connectivity index (χ3v) is 7.08. The molecule has 1 aliphatic heterocycles. The number of aryl methyl sites for hydroxylation is 2. The van der Waals surface area contributed by atoms with Gasteiger partial charge in [0.1, 0.15) is 0 Å². The van der Waals surface area contributed by atoms with E-state index in [4.69, 9.17) is 0 Å². The Labute approximate surface area is 188 Å². The summed E-state index contributed by atoms with van der Waals surface area (Å²) in [7, 11) is 2.02. The number of Topliss-reactive ketones (excluding diaryl/α,β-unsaturated/α-hetero) is 1. The van der Waals surface area contributed by atoms with Crippen molar-refractivity contribution in [3.8, 4) is 0 Å². The van der Waals surface area contributed by atoms with Gasteiger partial charge in [0.2, 0.25) is 0 Å². The number of piperidine rings is 1. The molecule has 1 aliphatic rings. The third kappa shape index (κ3) is 3.63. The monoisotopic (exact) mass is 430 g/mol. The van der Waals surface area contributed by atoms with Crippen LogP contribution < -0.4 is 0 Å². The van der Waals surface area contributed by atoms with E-state index in [9.17, 15) is 9.90 Å². The molecule has 5 rings (SSSR count). The van der Waals surface area contributed by atoms with Crippen molar-refractivity contribution in [2.75, 3.05) is 19.6 Å². The topological polar surface area (TPSA) is 63.3 Å². The van der Waals surface area contributed by atoms with Gasteiger partial charge in [0, 0.05) is 47.7 Å². The fourth-order valence-corrected chi connectivity index (χ4v) is 5.02. The van der Waals surface area contributed by atoms with E-state index in [1.54, 1.807) is 0 Å². The third-order valence-electron chi connectivity index (χ3n) is 7.08. The molecule has 6 nitrogen and oxygen atoms in total. The molecule has 6 heteroatoms. The molecule has 0 amide bonds. The molecule has 0 unspecified atom stereocenters. The maximum atomic E-state index is 13.3. The SMILES string of the molecule is Cc1ccc2c(C(=O)CN3CCC(O)(Cn4ncc5ccccc54)CC3)c(C)n(C)c2c1. The van der Waals surface area contributed by atoms with Gasteiger partial charge in [-0.3, -0.25) is 14.4 Å². The van der Waals surface area contributed by atoms with Crippen molar-refractivity contribution in [3.63, 3.8) is 0 Å². The van der Waals surface area contributed by atoms with Crippen molar-refractivity contribution < 1.29 is 9.90 Å². The maximum Gasteiger partial charge on any atom is 0.179 e. The van der Waals surface area contributed by atoms with E-state index < -0.39 is 5.60 Å². The molecule has 1 fully saturated rings. The van der Waals surface area contributed by atoms with Crippen LogP contribution in [0.2, 0.25) is 0 Å². The normalized spacial score (nSPS) is 16.8. The Bertz CT molecular complexity index is 1310. The quantitative estimate of drug-likeness (QED) is 0.489. The van der Waals surface area contributed by atoms with Gasteiger partial charge < -0.3 is 9.67 Å². The molecular formula is C26H30N4O2. The average Bonchev–Trinajstić information content (AvgIpc) is 3.29. The molecule has 4 aromatic rings. The van der Waals surface area contributed by atoms with E-state index in [2.05, 4.69) is 39.7 Å². The zero-order valence-electron chi connectivity index (χ0n) is 19.0. The second-order valence-corrected chi connectivity index (χ2v) is 9.32. The van der Waals surface area contributed by atoms with E-state index in [0.29, 0.717) is 39.0 Å². The van der Waals surface area contributed by atoms with Crippen LogP contribution in [0.3, 0.4) is 0 Å². The van der Waals surface area contributed by atoms with Crippen LogP contribution >= 0.6 is 0 Å². The summed E-state index contributed by atoms with van der Waals surface area (Å²) in [5.74, 6) is 0.153. The highest BCUT2D eigenvalue weighted by Gasteiger charge is 2.34. The molecule has 166 valence electrons. The van der Waals surface area contributed by atoms with Gasteiger partial charge in [-0.05, 0) is 44.4 Å².